The maximum Gasteiger partial charge on any atom is 0.173 e. The fraction of sp³-hybridized carbons (Fsp3) is 0.455. The van der Waals surface area contributed by atoms with E-state index in [1.165, 1.54) is 11.1 Å². The molecule has 0 N–H and O–H groups in total. The fourth-order valence-electron chi connectivity index (χ4n) is 3.33. The summed E-state index contributed by atoms with van der Waals surface area (Å²) in [5.41, 5.74) is 2.72. The minimum absolute atomic E-state index is 0.915. The quantitative estimate of drug-likeness (QED) is 0.462. The van der Waals surface area contributed by atoms with Gasteiger partial charge in [-0.15, -0.1) is 0 Å². The molecule has 0 unspecified atom stereocenters. The van der Waals surface area contributed by atoms with Gasteiger partial charge in [-0.3, -0.25) is 0 Å². The third-order valence-corrected chi connectivity index (χ3v) is 12.2. The SMILES string of the molecule is COc1ccc(CC[Si](C)(C)O[Si](C)(C)CCc2ccc(OC)cc2)cc1. The first kappa shape index (κ1) is 21.7. The van der Waals surface area contributed by atoms with Gasteiger partial charge in [0.15, 0.2) is 16.6 Å². The van der Waals surface area contributed by atoms with Crippen LogP contribution in [0.25, 0.3) is 0 Å². The Bertz CT molecular complexity index is 633. The van der Waals surface area contributed by atoms with Gasteiger partial charge in [0.25, 0.3) is 0 Å². The summed E-state index contributed by atoms with van der Waals surface area (Å²) in [4.78, 5) is 0. The van der Waals surface area contributed by atoms with Crippen molar-refractivity contribution in [1.82, 2.24) is 0 Å². The van der Waals surface area contributed by atoms with E-state index < -0.39 is 16.6 Å². The largest absolute Gasteiger partial charge is 0.497 e. The van der Waals surface area contributed by atoms with Gasteiger partial charge in [-0.2, -0.15) is 0 Å². The van der Waals surface area contributed by atoms with Gasteiger partial charge in [-0.1, -0.05) is 24.3 Å². The van der Waals surface area contributed by atoms with Gasteiger partial charge in [-0.25, -0.2) is 0 Å². The van der Waals surface area contributed by atoms with Crippen LogP contribution >= 0.6 is 0 Å². The van der Waals surface area contributed by atoms with Crippen LogP contribution in [0.1, 0.15) is 11.1 Å². The molecule has 0 radical (unpaired) electrons. The summed E-state index contributed by atoms with van der Waals surface area (Å²) in [7, 11) is 0.0400. The van der Waals surface area contributed by atoms with Crippen LogP contribution in [0.4, 0.5) is 0 Å². The average Bonchev–Trinajstić information content (AvgIpc) is 2.65. The van der Waals surface area contributed by atoms with E-state index in [9.17, 15) is 0 Å². The molecule has 0 aliphatic carbocycles. The lowest BCUT2D eigenvalue weighted by atomic mass is 10.2. The second kappa shape index (κ2) is 9.58. The van der Waals surface area contributed by atoms with Crippen LogP contribution in [0.3, 0.4) is 0 Å². The molecule has 5 heteroatoms. The molecule has 0 spiro atoms. The Morgan fingerprint density at radius 2 is 0.926 bits per heavy atom. The van der Waals surface area contributed by atoms with E-state index in [1.54, 1.807) is 14.2 Å². The van der Waals surface area contributed by atoms with Gasteiger partial charge in [0.05, 0.1) is 14.2 Å². The van der Waals surface area contributed by atoms with Crippen molar-refractivity contribution in [3.05, 3.63) is 59.7 Å². The second-order valence-electron chi connectivity index (χ2n) is 8.32. The molecule has 0 bridgehead atoms. The smallest absolute Gasteiger partial charge is 0.173 e. The number of rotatable bonds is 10. The van der Waals surface area contributed by atoms with Crippen LogP contribution in [-0.2, 0) is 17.0 Å². The van der Waals surface area contributed by atoms with Crippen LogP contribution in [0.5, 0.6) is 11.5 Å². The third-order valence-electron chi connectivity index (χ3n) is 4.90. The molecule has 0 amide bonds. The highest BCUT2D eigenvalue weighted by molar-refractivity contribution is 6.84. The Morgan fingerprint density at radius 3 is 1.22 bits per heavy atom. The summed E-state index contributed by atoms with van der Waals surface area (Å²) in [6.45, 7) is 9.44. The highest BCUT2D eigenvalue weighted by atomic mass is 28.4. The van der Waals surface area contributed by atoms with Crippen LogP contribution in [-0.4, -0.2) is 30.9 Å². The molecular formula is C22H34O3Si2. The normalized spacial score (nSPS) is 12.1. The number of benzene rings is 2. The second-order valence-corrected chi connectivity index (χ2v) is 17.2. The van der Waals surface area contributed by atoms with Crippen molar-refractivity contribution in [2.45, 2.75) is 51.1 Å². The van der Waals surface area contributed by atoms with Crippen LogP contribution in [0.2, 0.25) is 38.3 Å². The highest BCUT2D eigenvalue weighted by Gasteiger charge is 2.32. The highest BCUT2D eigenvalue weighted by Crippen LogP contribution is 2.25. The average molecular weight is 403 g/mol. The van der Waals surface area contributed by atoms with Gasteiger partial charge >= 0.3 is 0 Å². The lowest BCUT2D eigenvalue weighted by Crippen LogP contribution is -2.44. The molecule has 0 aliphatic rings. The first-order valence-electron chi connectivity index (χ1n) is 9.69. The summed E-state index contributed by atoms with van der Waals surface area (Å²) in [6.07, 6.45) is 2.15. The van der Waals surface area contributed by atoms with E-state index >= 15 is 0 Å². The minimum atomic E-state index is -1.69. The van der Waals surface area contributed by atoms with Gasteiger partial charge in [0, 0.05) is 0 Å². The third kappa shape index (κ3) is 7.52. The van der Waals surface area contributed by atoms with E-state index in [4.69, 9.17) is 13.6 Å². The van der Waals surface area contributed by atoms with Crippen LogP contribution < -0.4 is 9.47 Å². The van der Waals surface area contributed by atoms with Crippen molar-refractivity contribution in [3.8, 4) is 11.5 Å². The van der Waals surface area contributed by atoms with E-state index in [1.807, 2.05) is 24.3 Å². The minimum Gasteiger partial charge on any atom is -0.497 e. The van der Waals surface area contributed by atoms with E-state index in [2.05, 4.69) is 50.5 Å². The lowest BCUT2D eigenvalue weighted by molar-refractivity contribution is 0.414. The molecule has 0 saturated heterocycles. The summed E-state index contributed by atoms with van der Waals surface area (Å²) in [5.74, 6) is 1.83. The van der Waals surface area contributed by atoms with Crippen molar-refractivity contribution in [3.63, 3.8) is 0 Å². The van der Waals surface area contributed by atoms with Crippen LogP contribution in [0, 0.1) is 0 Å². The first-order valence-corrected chi connectivity index (χ1v) is 15.9. The maximum absolute atomic E-state index is 6.79. The fourth-order valence-corrected chi connectivity index (χ4v) is 11.9. The molecule has 0 aromatic heterocycles. The molecule has 0 atom stereocenters. The molecule has 27 heavy (non-hydrogen) atoms. The molecule has 2 rings (SSSR count). The number of hydrogen-bond donors (Lipinski definition) is 0. The molecule has 0 heterocycles. The summed E-state index contributed by atoms with van der Waals surface area (Å²) >= 11 is 0. The first-order chi connectivity index (χ1) is 12.7. The Morgan fingerprint density at radius 1 is 0.593 bits per heavy atom. The summed E-state index contributed by atoms with van der Waals surface area (Å²) < 4.78 is 17.3. The predicted molar refractivity (Wildman–Crippen MR) is 119 cm³/mol. The molecule has 2 aromatic carbocycles. The van der Waals surface area contributed by atoms with Crippen molar-refractivity contribution in [1.29, 1.82) is 0 Å². The van der Waals surface area contributed by atoms with Crippen molar-refractivity contribution in [2.75, 3.05) is 14.2 Å². The molecule has 0 saturated carbocycles. The topological polar surface area (TPSA) is 27.7 Å². The predicted octanol–water partition coefficient (Wildman–Crippen LogP) is 5.92. The molecule has 0 fully saturated rings. The summed E-state index contributed by atoms with van der Waals surface area (Å²) in [5, 5.41) is 0. The molecule has 148 valence electrons. The molecule has 2 aromatic rings. The Labute approximate surface area is 166 Å². The number of aryl methyl sites for hydroxylation is 2. The molecule has 3 nitrogen and oxygen atoms in total. The Kier molecular flexibility index (Phi) is 7.71. The van der Waals surface area contributed by atoms with E-state index in [0.717, 1.165) is 36.4 Å². The van der Waals surface area contributed by atoms with E-state index in [-0.39, 0.29) is 0 Å². The Balaban J connectivity index is 1.85. The van der Waals surface area contributed by atoms with Gasteiger partial charge in [0.2, 0.25) is 0 Å². The Hall–Kier alpha value is -1.57. The van der Waals surface area contributed by atoms with Crippen molar-refractivity contribution in [2.24, 2.45) is 0 Å². The standard InChI is InChI=1S/C22H34O3Si2/c1-23-21-11-7-19(8-12-21)15-17-26(3,4)25-27(5,6)18-16-20-9-13-22(24-2)14-10-20/h7-14H,15-18H2,1-6H3. The zero-order valence-corrected chi connectivity index (χ0v) is 19.7. The number of methoxy groups -OCH3 is 2. The van der Waals surface area contributed by atoms with Gasteiger partial charge < -0.3 is 13.6 Å². The monoisotopic (exact) mass is 402 g/mol. The molecule has 0 aliphatic heterocycles. The summed E-state index contributed by atoms with van der Waals surface area (Å²) in [6, 6.07) is 19.1. The van der Waals surface area contributed by atoms with Crippen molar-refractivity contribution < 1.29 is 13.6 Å². The van der Waals surface area contributed by atoms with Crippen molar-refractivity contribution >= 4 is 16.6 Å². The van der Waals surface area contributed by atoms with Crippen LogP contribution in [0.15, 0.2) is 48.5 Å². The maximum atomic E-state index is 6.79. The van der Waals surface area contributed by atoms with Gasteiger partial charge in [-0.05, 0) is 86.5 Å². The zero-order chi connectivity index (χ0) is 19.9. The zero-order valence-electron chi connectivity index (χ0n) is 17.7. The lowest BCUT2D eigenvalue weighted by Gasteiger charge is -2.34. The van der Waals surface area contributed by atoms with Gasteiger partial charge in [0.1, 0.15) is 11.5 Å². The molecular weight excluding hydrogens is 368 g/mol. The van der Waals surface area contributed by atoms with E-state index in [0.29, 0.717) is 0 Å². The number of hydrogen-bond acceptors (Lipinski definition) is 3. The number of ether oxygens (including phenoxy) is 2.